The van der Waals surface area contributed by atoms with Gasteiger partial charge in [-0.2, -0.15) is 0 Å². The molecule has 4 nitrogen and oxygen atoms in total. The molecule has 1 aliphatic rings. The summed E-state index contributed by atoms with van der Waals surface area (Å²) in [5.41, 5.74) is 0. The van der Waals surface area contributed by atoms with Gasteiger partial charge in [0.25, 0.3) is 0 Å². The molecule has 1 aliphatic carbocycles. The Labute approximate surface area is 86.1 Å². The number of nitrogens with zero attached hydrogens (tertiary/aromatic N) is 1. The van der Waals surface area contributed by atoms with Crippen LogP contribution in [0.2, 0.25) is 0 Å². The number of nitro groups is 1. The van der Waals surface area contributed by atoms with Crippen LogP contribution in [0.3, 0.4) is 0 Å². The molecule has 2 rings (SSSR count). The summed E-state index contributed by atoms with van der Waals surface area (Å²) in [5, 5.41) is 14.0. The second-order valence-electron chi connectivity index (χ2n) is 3.48. The smallest absolute Gasteiger partial charge is 0.314 e. The van der Waals surface area contributed by atoms with Crippen molar-refractivity contribution in [1.29, 1.82) is 0 Å². The summed E-state index contributed by atoms with van der Waals surface area (Å²) in [5.74, 6) is 0. The van der Waals surface area contributed by atoms with E-state index in [1.54, 1.807) is 6.07 Å². The Kier molecular flexibility index (Phi) is 2.79. The number of rotatable bonds is 5. The number of hydrogen-bond acceptors (Lipinski definition) is 4. The van der Waals surface area contributed by atoms with E-state index in [0.717, 1.165) is 17.8 Å². The van der Waals surface area contributed by atoms with Crippen LogP contribution in [0.1, 0.15) is 17.7 Å². The Balaban J connectivity index is 1.79. The van der Waals surface area contributed by atoms with E-state index in [0.29, 0.717) is 6.04 Å². The van der Waals surface area contributed by atoms with Crippen LogP contribution in [-0.4, -0.2) is 17.5 Å². The fourth-order valence-electron chi connectivity index (χ4n) is 1.29. The average molecular weight is 212 g/mol. The van der Waals surface area contributed by atoms with Gasteiger partial charge in [0, 0.05) is 23.5 Å². The van der Waals surface area contributed by atoms with Crippen LogP contribution < -0.4 is 5.32 Å². The lowest BCUT2D eigenvalue weighted by atomic mass is 10.3. The van der Waals surface area contributed by atoms with Crippen LogP contribution >= 0.6 is 11.3 Å². The Hall–Kier alpha value is -0.940. The van der Waals surface area contributed by atoms with E-state index in [2.05, 4.69) is 5.32 Å². The van der Waals surface area contributed by atoms with Crippen LogP contribution in [0, 0.1) is 10.1 Å². The molecule has 76 valence electrons. The fourth-order valence-corrected chi connectivity index (χ4v) is 2.11. The summed E-state index contributed by atoms with van der Waals surface area (Å²) in [7, 11) is 0. The van der Waals surface area contributed by atoms with Crippen molar-refractivity contribution in [1.82, 2.24) is 5.32 Å². The van der Waals surface area contributed by atoms with Crippen molar-refractivity contribution < 1.29 is 4.92 Å². The average Bonchev–Trinajstić information content (AvgIpc) is 2.82. The Bertz CT molecular complexity index is 333. The van der Waals surface area contributed by atoms with Gasteiger partial charge in [-0.15, -0.1) is 0 Å². The molecule has 1 N–H and O–H groups in total. The van der Waals surface area contributed by atoms with Gasteiger partial charge in [-0.3, -0.25) is 10.1 Å². The van der Waals surface area contributed by atoms with E-state index in [1.165, 1.54) is 24.2 Å². The van der Waals surface area contributed by atoms with Crippen molar-refractivity contribution in [2.75, 3.05) is 6.54 Å². The summed E-state index contributed by atoms with van der Waals surface area (Å²) in [6.07, 6.45) is 3.46. The zero-order chi connectivity index (χ0) is 9.97. The molecule has 14 heavy (non-hydrogen) atoms. The molecule has 1 fully saturated rings. The normalized spacial score (nSPS) is 15.7. The third-order valence-corrected chi connectivity index (χ3v) is 3.31. The molecule has 1 aromatic rings. The van der Waals surface area contributed by atoms with E-state index >= 15 is 0 Å². The van der Waals surface area contributed by atoms with Crippen LogP contribution in [0.25, 0.3) is 0 Å². The lowest BCUT2D eigenvalue weighted by molar-refractivity contribution is -0.380. The van der Waals surface area contributed by atoms with Gasteiger partial charge in [0.2, 0.25) is 0 Å². The maximum atomic E-state index is 10.4. The molecule has 0 unspecified atom stereocenters. The molecule has 0 saturated heterocycles. The van der Waals surface area contributed by atoms with Crippen LogP contribution in [0.5, 0.6) is 0 Å². The minimum atomic E-state index is -0.331. The topological polar surface area (TPSA) is 55.2 Å². The van der Waals surface area contributed by atoms with E-state index in [-0.39, 0.29) is 9.92 Å². The molecule has 0 aliphatic heterocycles. The summed E-state index contributed by atoms with van der Waals surface area (Å²) in [6, 6.07) is 4.14. The summed E-state index contributed by atoms with van der Waals surface area (Å²) in [6.45, 7) is 0.933. The first-order valence-electron chi connectivity index (χ1n) is 4.72. The van der Waals surface area contributed by atoms with Gasteiger partial charge in [-0.1, -0.05) is 11.3 Å². The molecule has 0 spiro atoms. The molecular weight excluding hydrogens is 200 g/mol. The highest BCUT2D eigenvalue weighted by atomic mass is 32.1. The monoisotopic (exact) mass is 212 g/mol. The van der Waals surface area contributed by atoms with Gasteiger partial charge >= 0.3 is 5.00 Å². The zero-order valence-corrected chi connectivity index (χ0v) is 8.55. The van der Waals surface area contributed by atoms with E-state index < -0.39 is 0 Å². The van der Waals surface area contributed by atoms with Crippen LogP contribution in [0.4, 0.5) is 5.00 Å². The maximum Gasteiger partial charge on any atom is 0.324 e. The van der Waals surface area contributed by atoms with Crippen molar-refractivity contribution >= 4 is 16.3 Å². The molecule has 5 heteroatoms. The number of thiophene rings is 1. The first-order chi connectivity index (χ1) is 6.75. The third kappa shape index (κ3) is 2.52. The summed E-state index contributed by atoms with van der Waals surface area (Å²) in [4.78, 5) is 11.2. The predicted octanol–water partition coefficient (Wildman–Crippen LogP) is 1.95. The molecule has 1 saturated carbocycles. The Morgan fingerprint density at radius 1 is 1.57 bits per heavy atom. The second-order valence-corrected chi connectivity index (χ2v) is 4.62. The van der Waals surface area contributed by atoms with Crippen LogP contribution in [0.15, 0.2) is 12.1 Å². The van der Waals surface area contributed by atoms with Gasteiger partial charge in [0.1, 0.15) is 0 Å². The predicted molar refractivity (Wildman–Crippen MR) is 55.7 cm³/mol. The lowest BCUT2D eigenvalue weighted by Crippen LogP contribution is -2.18. The van der Waals surface area contributed by atoms with Crippen molar-refractivity contribution in [3.63, 3.8) is 0 Å². The highest BCUT2D eigenvalue weighted by Gasteiger charge is 2.19. The molecule has 1 aromatic heterocycles. The Morgan fingerprint density at radius 2 is 2.36 bits per heavy atom. The molecular formula is C9H12N2O2S. The zero-order valence-electron chi connectivity index (χ0n) is 7.73. The molecule has 0 aromatic carbocycles. The quantitative estimate of drug-likeness (QED) is 0.599. The lowest BCUT2D eigenvalue weighted by Gasteiger charge is -1.98. The van der Waals surface area contributed by atoms with Crippen molar-refractivity contribution in [3.8, 4) is 0 Å². The number of hydrogen-bond donors (Lipinski definition) is 1. The molecule has 0 atom stereocenters. The van der Waals surface area contributed by atoms with Crippen molar-refractivity contribution in [2.24, 2.45) is 0 Å². The van der Waals surface area contributed by atoms with Gasteiger partial charge < -0.3 is 5.32 Å². The molecule has 0 amide bonds. The highest BCUT2D eigenvalue weighted by molar-refractivity contribution is 7.15. The minimum absolute atomic E-state index is 0.242. The van der Waals surface area contributed by atoms with Crippen molar-refractivity contribution in [2.45, 2.75) is 25.3 Å². The molecule has 0 radical (unpaired) electrons. The fraction of sp³-hybridized carbons (Fsp3) is 0.556. The molecule has 1 heterocycles. The summed E-state index contributed by atoms with van der Waals surface area (Å²) < 4.78 is 0. The highest BCUT2D eigenvalue weighted by Crippen LogP contribution is 2.24. The van der Waals surface area contributed by atoms with Gasteiger partial charge in [0.15, 0.2) is 0 Å². The summed E-state index contributed by atoms with van der Waals surface area (Å²) >= 11 is 1.27. The van der Waals surface area contributed by atoms with Crippen LogP contribution in [-0.2, 0) is 6.42 Å². The Morgan fingerprint density at radius 3 is 2.93 bits per heavy atom. The standard InChI is InChI=1S/C9H12N2O2S/c12-11(13)9-4-3-8(14-9)5-6-10-7-1-2-7/h3-4,7,10H,1-2,5-6H2. The van der Waals surface area contributed by atoms with E-state index in [1.807, 2.05) is 6.07 Å². The first kappa shape index (κ1) is 9.61. The SMILES string of the molecule is O=[N+]([O-])c1ccc(CCNC2CC2)s1. The minimum Gasteiger partial charge on any atom is -0.314 e. The van der Waals surface area contributed by atoms with Gasteiger partial charge in [-0.05, 0) is 25.3 Å². The second kappa shape index (κ2) is 4.06. The first-order valence-corrected chi connectivity index (χ1v) is 5.54. The maximum absolute atomic E-state index is 10.4. The van der Waals surface area contributed by atoms with Gasteiger partial charge in [0.05, 0.1) is 4.92 Å². The number of nitrogens with one attached hydrogen (secondary N) is 1. The van der Waals surface area contributed by atoms with E-state index in [9.17, 15) is 10.1 Å². The third-order valence-electron chi connectivity index (χ3n) is 2.21. The van der Waals surface area contributed by atoms with Gasteiger partial charge in [-0.25, -0.2) is 0 Å². The largest absolute Gasteiger partial charge is 0.324 e. The molecule has 0 bridgehead atoms. The van der Waals surface area contributed by atoms with Crippen molar-refractivity contribution in [3.05, 3.63) is 27.1 Å². The van der Waals surface area contributed by atoms with E-state index in [4.69, 9.17) is 0 Å².